The lowest BCUT2D eigenvalue weighted by Gasteiger charge is -2.34. The van der Waals surface area contributed by atoms with Crippen molar-refractivity contribution < 1.29 is 9.53 Å². The molecule has 0 radical (unpaired) electrons. The molecule has 17 heavy (non-hydrogen) atoms. The molecule has 0 spiro atoms. The highest BCUT2D eigenvalue weighted by molar-refractivity contribution is 5.82. The van der Waals surface area contributed by atoms with Crippen LogP contribution in [0, 0.1) is 0 Å². The average molecular weight is 234 g/mol. The van der Waals surface area contributed by atoms with Crippen molar-refractivity contribution in [2.45, 2.75) is 26.5 Å². The van der Waals surface area contributed by atoms with Crippen LogP contribution in [0.1, 0.15) is 19.4 Å². The van der Waals surface area contributed by atoms with E-state index in [0.717, 1.165) is 23.5 Å². The zero-order chi connectivity index (χ0) is 12.4. The number of rotatable bonds is 3. The summed E-state index contributed by atoms with van der Waals surface area (Å²) in [5.74, 6) is 0.987. The lowest BCUT2D eigenvalue weighted by Crippen LogP contribution is -2.40. The van der Waals surface area contributed by atoms with Crippen molar-refractivity contribution in [2.24, 2.45) is 5.73 Å². The molecule has 0 aromatic heterocycles. The molecule has 0 saturated carbocycles. The van der Waals surface area contributed by atoms with Gasteiger partial charge >= 0.3 is 0 Å². The molecule has 2 rings (SSSR count). The Bertz CT molecular complexity index is 431. The molecule has 4 nitrogen and oxygen atoms in total. The summed E-state index contributed by atoms with van der Waals surface area (Å²) in [5, 5.41) is 0. The molecule has 4 heteroatoms. The van der Waals surface area contributed by atoms with Crippen LogP contribution >= 0.6 is 0 Å². The van der Waals surface area contributed by atoms with Gasteiger partial charge in [0.1, 0.15) is 17.6 Å². The number of nitrogens with zero attached hydrogens (tertiary/aromatic N) is 1. The summed E-state index contributed by atoms with van der Waals surface area (Å²) in [5.41, 5.74) is 7.63. The van der Waals surface area contributed by atoms with Crippen molar-refractivity contribution in [1.29, 1.82) is 0 Å². The van der Waals surface area contributed by atoms with Crippen molar-refractivity contribution in [2.75, 3.05) is 18.0 Å². The minimum Gasteiger partial charge on any atom is -0.487 e. The number of carbonyl (C=O) groups excluding carboxylic acids is 1. The topological polar surface area (TPSA) is 55.6 Å². The molecule has 0 amide bonds. The van der Waals surface area contributed by atoms with Crippen molar-refractivity contribution in [3.8, 4) is 5.75 Å². The quantitative estimate of drug-likeness (QED) is 0.857. The van der Waals surface area contributed by atoms with Gasteiger partial charge < -0.3 is 15.4 Å². The van der Waals surface area contributed by atoms with Crippen molar-refractivity contribution in [3.63, 3.8) is 0 Å². The van der Waals surface area contributed by atoms with Gasteiger partial charge in [0.2, 0.25) is 0 Å². The SMILES string of the molecule is CC(=O)CN1CC(C)Oc2cc(CN)ccc21. The van der Waals surface area contributed by atoms with E-state index in [9.17, 15) is 4.79 Å². The highest BCUT2D eigenvalue weighted by atomic mass is 16.5. The van der Waals surface area contributed by atoms with Crippen LogP contribution in [0.4, 0.5) is 5.69 Å². The monoisotopic (exact) mass is 234 g/mol. The number of ketones is 1. The van der Waals surface area contributed by atoms with Crippen LogP contribution in [0.3, 0.4) is 0 Å². The van der Waals surface area contributed by atoms with E-state index in [1.165, 1.54) is 0 Å². The maximum Gasteiger partial charge on any atom is 0.149 e. The van der Waals surface area contributed by atoms with Crippen LogP contribution in [0.25, 0.3) is 0 Å². The molecule has 2 N–H and O–H groups in total. The largest absolute Gasteiger partial charge is 0.487 e. The fourth-order valence-corrected chi connectivity index (χ4v) is 2.12. The first kappa shape index (κ1) is 11.9. The van der Waals surface area contributed by atoms with Gasteiger partial charge in [-0.1, -0.05) is 6.07 Å². The first-order valence-corrected chi connectivity index (χ1v) is 5.84. The third-order valence-corrected chi connectivity index (χ3v) is 2.82. The average Bonchev–Trinajstić information content (AvgIpc) is 2.27. The maximum atomic E-state index is 11.2. The Kier molecular flexibility index (Phi) is 3.33. The fourth-order valence-electron chi connectivity index (χ4n) is 2.12. The summed E-state index contributed by atoms with van der Waals surface area (Å²) < 4.78 is 5.78. The van der Waals surface area contributed by atoms with Gasteiger partial charge in [0, 0.05) is 6.54 Å². The summed E-state index contributed by atoms with van der Waals surface area (Å²) in [4.78, 5) is 13.3. The molecule has 92 valence electrons. The Balaban J connectivity index is 2.33. The Labute approximate surface area is 101 Å². The van der Waals surface area contributed by atoms with Crippen LogP contribution in [0.5, 0.6) is 5.75 Å². The van der Waals surface area contributed by atoms with Crippen LogP contribution < -0.4 is 15.4 Å². The molecule has 1 aromatic rings. The summed E-state index contributed by atoms with van der Waals surface area (Å²) >= 11 is 0. The molecule has 1 aliphatic heterocycles. The fraction of sp³-hybridized carbons (Fsp3) is 0.462. The van der Waals surface area contributed by atoms with E-state index in [2.05, 4.69) is 4.90 Å². The summed E-state index contributed by atoms with van der Waals surface area (Å²) in [6.07, 6.45) is 0.0925. The predicted molar refractivity (Wildman–Crippen MR) is 67.3 cm³/mol. The molecule has 0 saturated heterocycles. The highest BCUT2D eigenvalue weighted by Crippen LogP contribution is 2.34. The van der Waals surface area contributed by atoms with Gasteiger partial charge in [-0.15, -0.1) is 0 Å². The van der Waals surface area contributed by atoms with Crippen LogP contribution in [0.15, 0.2) is 18.2 Å². The second-order valence-electron chi connectivity index (χ2n) is 4.52. The summed E-state index contributed by atoms with van der Waals surface area (Å²) in [7, 11) is 0. The minimum atomic E-state index is 0.0925. The number of fused-ring (bicyclic) bond motifs is 1. The third kappa shape index (κ3) is 2.58. The molecule has 1 heterocycles. The molecule has 1 aliphatic rings. The van der Waals surface area contributed by atoms with E-state index in [-0.39, 0.29) is 11.9 Å². The van der Waals surface area contributed by atoms with Crippen LogP contribution in [0.2, 0.25) is 0 Å². The number of nitrogens with two attached hydrogens (primary N) is 1. The van der Waals surface area contributed by atoms with Gasteiger partial charge in [-0.3, -0.25) is 4.79 Å². The molecule has 0 fully saturated rings. The number of ether oxygens (including phenoxy) is 1. The summed E-state index contributed by atoms with van der Waals surface area (Å²) in [6.45, 7) is 5.29. The van der Waals surface area contributed by atoms with E-state index in [0.29, 0.717) is 13.1 Å². The standard InChI is InChI=1S/C13H18N2O2/c1-9(16)7-15-8-10(2)17-13-5-11(6-14)3-4-12(13)15/h3-5,10H,6-8,14H2,1-2H3. The highest BCUT2D eigenvalue weighted by Gasteiger charge is 2.23. The van der Waals surface area contributed by atoms with Gasteiger partial charge in [-0.25, -0.2) is 0 Å². The minimum absolute atomic E-state index is 0.0925. The number of hydrogen-bond acceptors (Lipinski definition) is 4. The number of hydrogen-bond donors (Lipinski definition) is 1. The molecular weight excluding hydrogens is 216 g/mol. The Morgan fingerprint density at radius 2 is 2.35 bits per heavy atom. The van der Waals surface area contributed by atoms with Gasteiger partial charge in [0.25, 0.3) is 0 Å². The van der Waals surface area contributed by atoms with Gasteiger partial charge in [0.05, 0.1) is 18.8 Å². The normalized spacial score (nSPS) is 18.5. The molecule has 0 bridgehead atoms. The summed E-state index contributed by atoms with van der Waals surface area (Å²) in [6, 6.07) is 5.91. The molecule has 0 aliphatic carbocycles. The van der Waals surface area contributed by atoms with Gasteiger partial charge in [-0.05, 0) is 31.5 Å². The van der Waals surface area contributed by atoms with Crippen LogP contribution in [-0.2, 0) is 11.3 Å². The first-order valence-electron chi connectivity index (χ1n) is 5.84. The Hall–Kier alpha value is -1.55. The maximum absolute atomic E-state index is 11.2. The molecule has 1 aromatic carbocycles. The molecular formula is C13H18N2O2. The Morgan fingerprint density at radius 3 is 3.00 bits per heavy atom. The van der Waals surface area contributed by atoms with Crippen LogP contribution in [-0.4, -0.2) is 25.0 Å². The third-order valence-electron chi connectivity index (χ3n) is 2.82. The van der Waals surface area contributed by atoms with Crippen molar-refractivity contribution in [3.05, 3.63) is 23.8 Å². The van der Waals surface area contributed by atoms with Gasteiger partial charge in [0.15, 0.2) is 0 Å². The van der Waals surface area contributed by atoms with Gasteiger partial charge in [-0.2, -0.15) is 0 Å². The van der Waals surface area contributed by atoms with E-state index >= 15 is 0 Å². The number of anilines is 1. The molecule has 1 atom stereocenters. The Morgan fingerprint density at radius 1 is 1.59 bits per heavy atom. The second-order valence-corrected chi connectivity index (χ2v) is 4.52. The first-order chi connectivity index (χ1) is 8.10. The predicted octanol–water partition coefficient (Wildman–Crippen LogP) is 1.32. The number of benzene rings is 1. The second kappa shape index (κ2) is 4.75. The number of carbonyl (C=O) groups is 1. The van der Waals surface area contributed by atoms with E-state index in [1.807, 2.05) is 25.1 Å². The lowest BCUT2D eigenvalue weighted by atomic mass is 10.1. The zero-order valence-electron chi connectivity index (χ0n) is 10.3. The van der Waals surface area contributed by atoms with E-state index in [4.69, 9.17) is 10.5 Å². The van der Waals surface area contributed by atoms with E-state index < -0.39 is 0 Å². The molecule has 1 unspecified atom stereocenters. The zero-order valence-corrected chi connectivity index (χ0v) is 10.3. The van der Waals surface area contributed by atoms with Crippen molar-refractivity contribution in [1.82, 2.24) is 0 Å². The lowest BCUT2D eigenvalue weighted by molar-refractivity contribution is -0.115. The number of Topliss-reactive ketones (excluding diaryl/α,β-unsaturated/α-hetero) is 1. The smallest absolute Gasteiger partial charge is 0.149 e. The van der Waals surface area contributed by atoms with Crippen molar-refractivity contribution >= 4 is 11.5 Å². The van der Waals surface area contributed by atoms with E-state index in [1.54, 1.807) is 6.92 Å².